The van der Waals surface area contributed by atoms with Crippen LogP contribution in [0.2, 0.25) is 0 Å². The van der Waals surface area contributed by atoms with Crippen LogP contribution in [0.25, 0.3) is 104 Å². The van der Waals surface area contributed by atoms with Gasteiger partial charge in [-0.05, 0) is 83.1 Å². The van der Waals surface area contributed by atoms with E-state index in [2.05, 4.69) is 214 Å². The molecule has 0 aliphatic rings. The lowest BCUT2D eigenvalue weighted by Gasteiger charge is -2.16. The largest absolute Gasteiger partial charge is 0.309 e. The molecule has 0 N–H and O–H groups in total. The zero-order chi connectivity index (χ0) is 36.0. The van der Waals surface area contributed by atoms with Crippen LogP contribution in [0.5, 0.6) is 0 Å². The molecule has 9 aromatic carbocycles. The fraction of sp³-hybridized carbons (Fsp3) is 0. The summed E-state index contributed by atoms with van der Waals surface area (Å²) in [6, 6.07) is 73.3. The van der Waals surface area contributed by atoms with Crippen molar-refractivity contribution in [1.82, 2.24) is 13.7 Å². The molecule has 3 aromatic heterocycles. The molecular weight excluding hydrogens is 667 g/mol. The van der Waals surface area contributed by atoms with E-state index in [0.29, 0.717) is 0 Å². The second-order valence-corrected chi connectivity index (χ2v) is 14.5. The molecule has 3 heteroatoms. The molecule has 0 fully saturated rings. The number of hydrogen-bond acceptors (Lipinski definition) is 0. The zero-order valence-electron chi connectivity index (χ0n) is 29.9. The van der Waals surface area contributed by atoms with Crippen LogP contribution in [0.4, 0.5) is 0 Å². The molecule has 0 aliphatic heterocycles. The molecular formula is C52H33N3. The van der Waals surface area contributed by atoms with Crippen LogP contribution in [0, 0.1) is 0 Å². The van der Waals surface area contributed by atoms with Crippen molar-refractivity contribution in [2.75, 3.05) is 0 Å². The van der Waals surface area contributed by atoms with Gasteiger partial charge in [0.2, 0.25) is 0 Å². The van der Waals surface area contributed by atoms with Gasteiger partial charge in [0.25, 0.3) is 0 Å². The van der Waals surface area contributed by atoms with Crippen molar-refractivity contribution in [3.05, 3.63) is 200 Å². The van der Waals surface area contributed by atoms with Gasteiger partial charge in [-0.1, -0.05) is 133 Å². The topological polar surface area (TPSA) is 14.8 Å². The third-order valence-electron chi connectivity index (χ3n) is 11.6. The standard InChI is InChI=1S/C52H33N3/c1-2-15-36(16-3-1)54-48-24-12-8-20-42(48)44-31-30-38(33-50(44)54)55-49-25-13-9-21-43(49)45-32-35-14-4-5-17-39(35)51(52(45)55)34-26-28-37(29-27-34)53-46-22-10-6-18-40(46)41-19-7-11-23-47(41)53/h1-33H. The van der Waals surface area contributed by atoms with E-state index < -0.39 is 0 Å². The maximum Gasteiger partial charge on any atom is 0.0625 e. The number of fused-ring (bicyclic) bond motifs is 10. The monoisotopic (exact) mass is 699 g/mol. The Bertz CT molecular complexity index is 3420. The first-order valence-corrected chi connectivity index (χ1v) is 18.9. The Morgan fingerprint density at radius 3 is 1.31 bits per heavy atom. The summed E-state index contributed by atoms with van der Waals surface area (Å²) >= 11 is 0. The van der Waals surface area contributed by atoms with Gasteiger partial charge >= 0.3 is 0 Å². The fourth-order valence-electron chi connectivity index (χ4n) is 9.28. The molecule has 0 aliphatic carbocycles. The highest BCUT2D eigenvalue weighted by molar-refractivity contribution is 6.21. The first-order chi connectivity index (χ1) is 27.3. The average Bonchev–Trinajstić information content (AvgIpc) is 3.89. The van der Waals surface area contributed by atoms with E-state index in [9.17, 15) is 0 Å². The van der Waals surface area contributed by atoms with E-state index in [1.807, 2.05) is 0 Å². The third kappa shape index (κ3) is 4.32. The summed E-state index contributed by atoms with van der Waals surface area (Å²) < 4.78 is 7.30. The molecule has 3 nitrogen and oxygen atoms in total. The summed E-state index contributed by atoms with van der Waals surface area (Å²) in [6.45, 7) is 0. The normalized spacial score (nSPS) is 12.0. The van der Waals surface area contributed by atoms with E-state index in [0.717, 1.165) is 17.1 Å². The van der Waals surface area contributed by atoms with Crippen LogP contribution >= 0.6 is 0 Å². The Labute approximate surface area is 317 Å². The second-order valence-electron chi connectivity index (χ2n) is 14.5. The Morgan fingerprint density at radius 2 is 0.691 bits per heavy atom. The average molecular weight is 700 g/mol. The third-order valence-corrected chi connectivity index (χ3v) is 11.6. The molecule has 0 spiro atoms. The lowest BCUT2D eigenvalue weighted by atomic mass is 9.94. The van der Waals surface area contributed by atoms with Gasteiger partial charge < -0.3 is 13.7 Å². The molecule has 0 radical (unpaired) electrons. The lowest BCUT2D eigenvalue weighted by molar-refractivity contribution is 1.15. The van der Waals surface area contributed by atoms with Crippen LogP contribution in [-0.4, -0.2) is 13.7 Å². The molecule has 12 aromatic rings. The quantitative estimate of drug-likeness (QED) is 0.174. The van der Waals surface area contributed by atoms with E-state index in [1.54, 1.807) is 0 Å². The molecule has 55 heavy (non-hydrogen) atoms. The number of rotatable bonds is 4. The predicted molar refractivity (Wildman–Crippen MR) is 232 cm³/mol. The fourth-order valence-corrected chi connectivity index (χ4v) is 9.28. The number of nitrogens with zero attached hydrogens (tertiary/aromatic N) is 3. The van der Waals surface area contributed by atoms with Crippen molar-refractivity contribution in [2.45, 2.75) is 0 Å². The minimum atomic E-state index is 1.14. The van der Waals surface area contributed by atoms with Gasteiger partial charge in [0.1, 0.15) is 0 Å². The number of aromatic nitrogens is 3. The zero-order valence-corrected chi connectivity index (χ0v) is 29.9. The number of para-hydroxylation sites is 5. The van der Waals surface area contributed by atoms with Crippen molar-refractivity contribution in [2.24, 2.45) is 0 Å². The smallest absolute Gasteiger partial charge is 0.0625 e. The molecule has 0 amide bonds. The van der Waals surface area contributed by atoms with Crippen LogP contribution in [0.1, 0.15) is 0 Å². The van der Waals surface area contributed by atoms with Gasteiger partial charge in [-0.3, -0.25) is 0 Å². The number of hydrogen-bond donors (Lipinski definition) is 0. The molecule has 0 saturated carbocycles. The Hall–Kier alpha value is -7.36. The summed E-state index contributed by atoms with van der Waals surface area (Å²) in [4.78, 5) is 0. The van der Waals surface area contributed by atoms with E-state index >= 15 is 0 Å². The van der Waals surface area contributed by atoms with Gasteiger partial charge in [-0.2, -0.15) is 0 Å². The summed E-state index contributed by atoms with van der Waals surface area (Å²) in [5.41, 5.74) is 13.1. The minimum absolute atomic E-state index is 1.14. The first-order valence-electron chi connectivity index (χ1n) is 18.9. The maximum atomic E-state index is 2.50. The van der Waals surface area contributed by atoms with Gasteiger partial charge in [-0.25, -0.2) is 0 Å². The summed E-state index contributed by atoms with van der Waals surface area (Å²) in [5.74, 6) is 0. The van der Waals surface area contributed by atoms with Crippen LogP contribution in [-0.2, 0) is 0 Å². The summed E-state index contributed by atoms with van der Waals surface area (Å²) in [7, 11) is 0. The first kappa shape index (κ1) is 30.1. The van der Waals surface area contributed by atoms with Crippen LogP contribution < -0.4 is 0 Å². The molecule has 12 rings (SSSR count). The highest BCUT2D eigenvalue weighted by Crippen LogP contribution is 2.44. The summed E-state index contributed by atoms with van der Waals surface area (Å²) in [5, 5.41) is 10.0. The molecule has 0 bridgehead atoms. The second kappa shape index (κ2) is 11.6. The predicted octanol–water partition coefficient (Wildman–Crippen LogP) is 13.8. The van der Waals surface area contributed by atoms with Gasteiger partial charge in [-0.15, -0.1) is 0 Å². The summed E-state index contributed by atoms with van der Waals surface area (Å²) in [6.07, 6.45) is 0. The van der Waals surface area contributed by atoms with Crippen LogP contribution in [0.15, 0.2) is 200 Å². The van der Waals surface area contributed by atoms with Gasteiger partial charge in [0.15, 0.2) is 0 Å². The van der Waals surface area contributed by atoms with Crippen molar-refractivity contribution >= 4 is 76.2 Å². The van der Waals surface area contributed by atoms with Gasteiger partial charge in [0.05, 0.1) is 33.1 Å². The maximum absolute atomic E-state index is 2.50. The Kier molecular flexibility index (Phi) is 6.34. The highest BCUT2D eigenvalue weighted by atomic mass is 15.0. The van der Waals surface area contributed by atoms with E-state index in [1.165, 1.54) is 87.3 Å². The molecule has 0 unspecified atom stereocenters. The molecule has 0 saturated heterocycles. The minimum Gasteiger partial charge on any atom is -0.309 e. The lowest BCUT2D eigenvalue weighted by Crippen LogP contribution is -1.98. The van der Waals surface area contributed by atoms with E-state index in [4.69, 9.17) is 0 Å². The Morgan fingerprint density at radius 1 is 0.255 bits per heavy atom. The van der Waals surface area contributed by atoms with Crippen LogP contribution in [0.3, 0.4) is 0 Å². The van der Waals surface area contributed by atoms with Crippen molar-refractivity contribution in [3.8, 4) is 28.2 Å². The van der Waals surface area contributed by atoms with Crippen molar-refractivity contribution in [3.63, 3.8) is 0 Å². The SMILES string of the molecule is c1ccc(-n2c3ccccc3c3ccc(-n4c5ccccc5c5cc6ccccc6c(-c6ccc(-n7c8ccccc8c8ccccc87)cc6)c54)cc32)cc1. The molecule has 0 atom stereocenters. The van der Waals surface area contributed by atoms with Gasteiger partial charge in [0, 0.05) is 54.9 Å². The van der Waals surface area contributed by atoms with Crippen molar-refractivity contribution < 1.29 is 0 Å². The van der Waals surface area contributed by atoms with E-state index in [-0.39, 0.29) is 0 Å². The Balaban J connectivity index is 1.15. The molecule has 3 heterocycles. The number of benzene rings is 9. The van der Waals surface area contributed by atoms with Crippen molar-refractivity contribution in [1.29, 1.82) is 0 Å². The molecule has 256 valence electrons. The highest BCUT2D eigenvalue weighted by Gasteiger charge is 2.21.